The molecule has 130 valence electrons. The molecule has 4 rings (SSSR count). The van der Waals surface area contributed by atoms with Crippen molar-refractivity contribution in [3.05, 3.63) is 59.7 Å². The third-order valence-corrected chi connectivity index (χ3v) is 5.10. The van der Waals surface area contributed by atoms with Gasteiger partial charge in [-0.1, -0.05) is 36.4 Å². The van der Waals surface area contributed by atoms with Crippen molar-refractivity contribution >= 4 is 11.0 Å². The number of likely N-dealkylation sites (N-methyl/N-ethyl adjacent to an activating group) is 1. The molecular weight excluding hydrogens is 312 g/mol. The average Bonchev–Trinajstić information content (AvgIpc) is 3.10. The molecule has 0 bridgehead atoms. The van der Waals surface area contributed by atoms with Crippen LogP contribution in [-0.2, 0) is 13.1 Å². The molecule has 0 saturated carbocycles. The molecule has 25 heavy (non-hydrogen) atoms. The summed E-state index contributed by atoms with van der Waals surface area (Å²) in [6, 6.07) is 17.5. The highest BCUT2D eigenvalue weighted by Crippen LogP contribution is 2.20. The van der Waals surface area contributed by atoms with Crippen molar-refractivity contribution in [3.8, 4) is 0 Å². The minimum atomic E-state index is 0.603. The van der Waals surface area contributed by atoms with Crippen LogP contribution in [0, 0.1) is 0 Å². The second kappa shape index (κ2) is 7.33. The molecule has 1 aromatic heterocycles. The summed E-state index contributed by atoms with van der Waals surface area (Å²) in [4.78, 5) is 5.04. The van der Waals surface area contributed by atoms with Crippen LogP contribution in [0.25, 0.3) is 11.0 Å². The highest BCUT2D eigenvalue weighted by molar-refractivity contribution is 5.73. The number of aromatic nitrogens is 2. The van der Waals surface area contributed by atoms with E-state index in [0.717, 1.165) is 37.2 Å². The average molecular weight is 336 g/mol. The standard InChI is InChI=1S/C20H24N4O/c1-23(13-16-6-3-2-4-7-16)18-8-5-11-24(15-18)14-17-9-10-19-20(12-17)22-25-21-19/h2-4,6-7,9-10,12,18H,5,8,11,13-15H2,1H3/t18-/m0/s1. The fourth-order valence-corrected chi connectivity index (χ4v) is 3.72. The first-order valence-corrected chi connectivity index (χ1v) is 8.96. The van der Waals surface area contributed by atoms with Crippen LogP contribution in [0.4, 0.5) is 0 Å². The number of hydrogen-bond donors (Lipinski definition) is 0. The van der Waals surface area contributed by atoms with Crippen molar-refractivity contribution in [2.24, 2.45) is 0 Å². The van der Waals surface area contributed by atoms with E-state index in [4.69, 9.17) is 4.63 Å². The summed E-state index contributed by atoms with van der Waals surface area (Å²) in [6.07, 6.45) is 2.52. The van der Waals surface area contributed by atoms with Gasteiger partial charge >= 0.3 is 0 Å². The van der Waals surface area contributed by atoms with Gasteiger partial charge in [-0.3, -0.25) is 9.80 Å². The molecule has 3 aromatic rings. The van der Waals surface area contributed by atoms with Crippen molar-refractivity contribution in [1.82, 2.24) is 20.1 Å². The van der Waals surface area contributed by atoms with Gasteiger partial charge in [0.1, 0.15) is 11.0 Å². The summed E-state index contributed by atoms with van der Waals surface area (Å²) >= 11 is 0. The number of hydrogen-bond acceptors (Lipinski definition) is 5. The zero-order valence-corrected chi connectivity index (χ0v) is 14.6. The van der Waals surface area contributed by atoms with Gasteiger partial charge in [0.2, 0.25) is 0 Å². The molecule has 1 saturated heterocycles. The molecule has 1 aliphatic rings. The van der Waals surface area contributed by atoms with Crippen LogP contribution in [0.5, 0.6) is 0 Å². The first-order valence-electron chi connectivity index (χ1n) is 8.96. The Morgan fingerprint density at radius 3 is 2.80 bits per heavy atom. The second-order valence-electron chi connectivity index (χ2n) is 7.02. The quantitative estimate of drug-likeness (QED) is 0.715. The van der Waals surface area contributed by atoms with Crippen molar-refractivity contribution in [1.29, 1.82) is 0 Å². The minimum Gasteiger partial charge on any atom is -0.298 e. The summed E-state index contributed by atoms with van der Waals surface area (Å²) in [5, 5.41) is 7.82. The zero-order valence-electron chi connectivity index (χ0n) is 14.6. The molecule has 0 unspecified atom stereocenters. The smallest absolute Gasteiger partial charge is 0.135 e. The Morgan fingerprint density at radius 2 is 1.92 bits per heavy atom. The summed E-state index contributed by atoms with van der Waals surface area (Å²) in [6.45, 7) is 4.23. The molecule has 1 fully saturated rings. The Morgan fingerprint density at radius 1 is 1.08 bits per heavy atom. The van der Waals surface area contributed by atoms with Crippen molar-refractivity contribution in [2.75, 3.05) is 20.1 Å². The molecule has 2 aromatic carbocycles. The summed E-state index contributed by atoms with van der Waals surface area (Å²) in [5.74, 6) is 0. The van der Waals surface area contributed by atoms with E-state index >= 15 is 0 Å². The van der Waals surface area contributed by atoms with Crippen LogP contribution in [0.2, 0.25) is 0 Å². The minimum absolute atomic E-state index is 0.603. The SMILES string of the molecule is CN(Cc1ccccc1)[C@H]1CCCN(Cc2ccc3nonc3c2)C1. The Balaban J connectivity index is 1.38. The maximum atomic E-state index is 4.79. The Labute approximate surface area is 148 Å². The predicted octanol–water partition coefficient (Wildman–Crippen LogP) is 3.32. The van der Waals surface area contributed by atoms with Crippen LogP contribution in [0.3, 0.4) is 0 Å². The van der Waals surface area contributed by atoms with E-state index in [2.05, 4.69) is 69.6 Å². The Bertz CT molecular complexity index is 817. The highest BCUT2D eigenvalue weighted by atomic mass is 16.6. The van der Waals surface area contributed by atoms with E-state index in [1.54, 1.807) is 0 Å². The lowest BCUT2D eigenvalue weighted by Gasteiger charge is -2.37. The lowest BCUT2D eigenvalue weighted by Crippen LogP contribution is -2.45. The molecule has 0 aliphatic carbocycles. The molecule has 0 amide bonds. The molecule has 0 radical (unpaired) electrons. The number of likely N-dealkylation sites (tertiary alicyclic amines) is 1. The van der Waals surface area contributed by atoms with Gasteiger partial charge < -0.3 is 0 Å². The lowest BCUT2D eigenvalue weighted by atomic mass is 10.0. The van der Waals surface area contributed by atoms with Gasteiger partial charge in [0, 0.05) is 25.7 Å². The van der Waals surface area contributed by atoms with Gasteiger partial charge in [-0.25, -0.2) is 4.63 Å². The Kier molecular flexibility index (Phi) is 4.76. The van der Waals surface area contributed by atoms with E-state index in [-0.39, 0.29) is 0 Å². The first kappa shape index (κ1) is 16.2. The van der Waals surface area contributed by atoms with Crippen molar-refractivity contribution < 1.29 is 4.63 Å². The maximum absolute atomic E-state index is 4.79. The first-order chi connectivity index (χ1) is 12.3. The van der Waals surface area contributed by atoms with Gasteiger partial charge in [-0.05, 0) is 60.0 Å². The fourth-order valence-electron chi connectivity index (χ4n) is 3.72. The fraction of sp³-hybridized carbons (Fsp3) is 0.400. The lowest BCUT2D eigenvalue weighted by molar-refractivity contribution is 0.107. The van der Waals surface area contributed by atoms with Gasteiger partial charge in [-0.15, -0.1) is 0 Å². The molecule has 2 heterocycles. The van der Waals surface area contributed by atoms with Crippen LogP contribution in [-0.4, -0.2) is 46.3 Å². The largest absolute Gasteiger partial charge is 0.298 e. The molecule has 1 aliphatic heterocycles. The van der Waals surface area contributed by atoms with Crippen LogP contribution < -0.4 is 0 Å². The molecule has 5 heteroatoms. The molecule has 5 nitrogen and oxygen atoms in total. The predicted molar refractivity (Wildman–Crippen MR) is 98.0 cm³/mol. The van der Waals surface area contributed by atoms with Crippen LogP contribution in [0.1, 0.15) is 24.0 Å². The third kappa shape index (κ3) is 3.89. The summed E-state index contributed by atoms with van der Waals surface area (Å²) in [7, 11) is 2.24. The van der Waals surface area contributed by atoms with Gasteiger partial charge in [0.05, 0.1) is 0 Å². The summed E-state index contributed by atoms with van der Waals surface area (Å²) in [5.41, 5.74) is 4.32. The van der Waals surface area contributed by atoms with Gasteiger partial charge in [-0.2, -0.15) is 0 Å². The van der Waals surface area contributed by atoms with Crippen molar-refractivity contribution in [2.45, 2.75) is 32.0 Å². The van der Waals surface area contributed by atoms with Gasteiger partial charge in [0.15, 0.2) is 0 Å². The van der Waals surface area contributed by atoms with Crippen LogP contribution in [0.15, 0.2) is 53.2 Å². The highest BCUT2D eigenvalue weighted by Gasteiger charge is 2.23. The molecule has 1 atom stereocenters. The van der Waals surface area contributed by atoms with E-state index in [1.807, 2.05) is 6.07 Å². The molecule has 0 N–H and O–H groups in total. The summed E-state index contributed by atoms with van der Waals surface area (Å²) < 4.78 is 4.79. The number of benzene rings is 2. The van der Waals surface area contributed by atoms with E-state index < -0.39 is 0 Å². The normalized spacial score (nSPS) is 18.9. The Hall–Kier alpha value is -2.24. The monoisotopic (exact) mass is 336 g/mol. The van der Waals surface area contributed by atoms with E-state index in [9.17, 15) is 0 Å². The van der Waals surface area contributed by atoms with E-state index in [1.165, 1.54) is 24.0 Å². The number of fused-ring (bicyclic) bond motifs is 1. The zero-order chi connectivity index (χ0) is 17.1. The number of rotatable bonds is 5. The molecule has 0 spiro atoms. The van der Waals surface area contributed by atoms with Gasteiger partial charge in [0.25, 0.3) is 0 Å². The maximum Gasteiger partial charge on any atom is 0.135 e. The number of piperidine rings is 1. The number of nitrogens with zero attached hydrogens (tertiary/aromatic N) is 4. The molecular formula is C20H24N4O. The second-order valence-corrected chi connectivity index (χ2v) is 7.02. The van der Waals surface area contributed by atoms with E-state index in [0.29, 0.717) is 6.04 Å². The van der Waals surface area contributed by atoms with Crippen molar-refractivity contribution in [3.63, 3.8) is 0 Å². The topological polar surface area (TPSA) is 45.4 Å². The third-order valence-electron chi connectivity index (χ3n) is 5.10. The van der Waals surface area contributed by atoms with Crippen LogP contribution >= 0.6 is 0 Å².